The number of aliphatic imine (C=N–C) groups is 1. The van der Waals surface area contributed by atoms with E-state index in [0.29, 0.717) is 12.2 Å². The molecule has 0 saturated carbocycles. The predicted octanol–water partition coefficient (Wildman–Crippen LogP) is 2.55. The molecule has 1 aromatic heterocycles. The Hall–Kier alpha value is -3.96. The number of aromatic nitrogens is 2. The van der Waals surface area contributed by atoms with E-state index >= 15 is 0 Å². The number of nitrogens with two attached hydrogens (primary N) is 1. The van der Waals surface area contributed by atoms with Crippen LogP contribution in [0.4, 0.5) is 14.7 Å². The molecule has 4 N–H and O–H groups in total. The Labute approximate surface area is 196 Å². The van der Waals surface area contributed by atoms with Crippen molar-refractivity contribution in [2.24, 2.45) is 10.7 Å². The average Bonchev–Trinajstić information content (AvgIpc) is 2.84. The van der Waals surface area contributed by atoms with Crippen molar-refractivity contribution in [2.75, 3.05) is 32.6 Å². The van der Waals surface area contributed by atoms with Gasteiger partial charge in [-0.25, -0.2) is 18.7 Å². The topological polar surface area (TPSA) is 133 Å². The lowest BCUT2D eigenvalue weighted by Gasteiger charge is -2.13. The number of ether oxygens (including phenoxy) is 3. The van der Waals surface area contributed by atoms with Crippen LogP contribution in [0, 0.1) is 11.6 Å². The lowest BCUT2D eigenvalue weighted by molar-refractivity contribution is -0.119. The van der Waals surface area contributed by atoms with Gasteiger partial charge in [0.05, 0.1) is 37.9 Å². The number of allylic oxidation sites excluding steroid dienone is 1. The van der Waals surface area contributed by atoms with Gasteiger partial charge in [0.1, 0.15) is 13.2 Å². The van der Waals surface area contributed by atoms with Crippen LogP contribution in [-0.2, 0) is 11.4 Å². The van der Waals surface area contributed by atoms with Crippen LogP contribution in [0.5, 0.6) is 17.2 Å². The molecule has 0 aliphatic heterocycles. The third-order valence-corrected chi connectivity index (χ3v) is 4.43. The first-order valence-electron chi connectivity index (χ1n) is 10.4. The fraction of sp³-hybridized carbons (Fsp3) is 0.364. The predicted molar refractivity (Wildman–Crippen MR) is 123 cm³/mol. The Bertz CT molecular complexity index is 987. The van der Waals surface area contributed by atoms with E-state index in [2.05, 4.69) is 25.6 Å². The van der Waals surface area contributed by atoms with Gasteiger partial charge in [-0.05, 0) is 6.42 Å². The second kappa shape index (κ2) is 13.6. The van der Waals surface area contributed by atoms with Gasteiger partial charge in [0.25, 0.3) is 0 Å². The molecule has 0 bridgehead atoms. The van der Waals surface area contributed by atoms with E-state index in [4.69, 9.17) is 19.9 Å². The van der Waals surface area contributed by atoms with Gasteiger partial charge in [0, 0.05) is 25.0 Å². The number of carbonyl (C=O) groups excluding carboxylic acids is 1. The number of benzene rings is 1. The fourth-order valence-electron chi connectivity index (χ4n) is 2.61. The molecule has 34 heavy (non-hydrogen) atoms. The van der Waals surface area contributed by atoms with Crippen molar-refractivity contribution in [3.8, 4) is 17.2 Å². The molecule has 2 rings (SSSR count). The third-order valence-electron chi connectivity index (χ3n) is 4.43. The van der Waals surface area contributed by atoms with Crippen molar-refractivity contribution < 1.29 is 27.8 Å². The Morgan fingerprint density at radius 1 is 1.18 bits per heavy atom. The van der Waals surface area contributed by atoms with E-state index in [1.165, 1.54) is 39.0 Å². The molecular formula is C22H28F2N6O4. The maximum absolute atomic E-state index is 14.4. The number of carbonyl (C=O) groups is 1. The quantitative estimate of drug-likeness (QED) is 0.296. The summed E-state index contributed by atoms with van der Waals surface area (Å²) in [7, 11) is 2.52. The third kappa shape index (κ3) is 7.57. The normalized spacial score (nSPS) is 11.4. The Morgan fingerprint density at radius 3 is 2.38 bits per heavy atom. The number of methoxy groups -OCH3 is 2. The van der Waals surface area contributed by atoms with Crippen LogP contribution in [0.15, 0.2) is 35.3 Å². The number of nitrogens with one attached hydrogen (secondary N) is 2. The minimum Gasteiger partial charge on any atom is -0.494 e. The number of halogens is 2. The van der Waals surface area contributed by atoms with Crippen molar-refractivity contribution in [1.29, 1.82) is 0 Å². The zero-order chi connectivity index (χ0) is 24.9. The molecule has 0 aliphatic rings. The Kier molecular flexibility index (Phi) is 10.5. The number of unbranched alkanes of at least 4 members (excludes halogenated alkanes) is 1. The average molecular weight is 479 g/mol. The molecule has 1 heterocycles. The van der Waals surface area contributed by atoms with Gasteiger partial charge in [-0.1, -0.05) is 13.3 Å². The number of amides is 1. The molecule has 184 valence electrons. The van der Waals surface area contributed by atoms with E-state index in [-0.39, 0.29) is 41.2 Å². The molecule has 1 amide bonds. The molecule has 10 nitrogen and oxygen atoms in total. The van der Waals surface area contributed by atoms with Crippen molar-refractivity contribution in [3.63, 3.8) is 0 Å². The van der Waals surface area contributed by atoms with Crippen LogP contribution in [0.3, 0.4) is 0 Å². The summed E-state index contributed by atoms with van der Waals surface area (Å²) in [4.78, 5) is 23.8. The smallest absolute Gasteiger partial charge is 0.241 e. The van der Waals surface area contributed by atoms with Crippen molar-refractivity contribution in [1.82, 2.24) is 15.3 Å². The second-order valence-corrected chi connectivity index (χ2v) is 6.84. The zero-order valence-corrected chi connectivity index (χ0v) is 19.2. The van der Waals surface area contributed by atoms with Gasteiger partial charge in [0.2, 0.25) is 11.9 Å². The van der Waals surface area contributed by atoms with Crippen LogP contribution in [-0.4, -0.2) is 49.4 Å². The Morgan fingerprint density at radius 2 is 1.82 bits per heavy atom. The number of rotatable bonds is 13. The van der Waals surface area contributed by atoms with E-state index < -0.39 is 18.2 Å². The SMILES string of the molecule is CCCCNC(=O)CN=CC(=CN)Nc1ncc(OCc2c(F)c(OC)cc(OC)c2F)cn1. The molecule has 0 spiro atoms. The van der Waals surface area contributed by atoms with Gasteiger partial charge >= 0.3 is 0 Å². The molecule has 12 heteroatoms. The van der Waals surface area contributed by atoms with Gasteiger partial charge in [-0.15, -0.1) is 0 Å². The number of hydrogen-bond donors (Lipinski definition) is 3. The van der Waals surface area contributed by atoms with Crippen molar-refractivity contribution in [2.45, 2.75) is 26.4 Å². The molecule has 0 unspecified atom stereocenters. The first-order valence-corrected chi connectivity index (χ1v) is 10.4. The lowest BCUT2D eigenvalue weighted by atomic mass is 10.1. The maximum Gasteiger partial charge on any atom is 0.241 e. The Balaban J connectivity index is 1.95. The minimum absolute atomic E-state index is 0.0431. The number of nitrogens with zero attached hydrogens (tertiary/aromatic N) is 3. The van der Waals surface area contributed by atoms with Crippen molar-refractivity contribution >= 4 is 18.1 Å². The van der Waals surface area contributed by atoms with Crippen LogP contribution < -0.4 is 30.6 Å². The summed E-state index contributed by atoms with van der Waals surface area (Å²) in [6.07, 6.45) is 7.15. The zero-order valence-electron chi connectivity index (χ0n) is 19.2. The fourth-order valence-corrected chi connectivity index (χ4v) is 2.61. The maximum atomic E-state index is 14.4. The van der Waals surface area contributed by atoms with Crippen LogP contribution >= 0.6 is 0 Å². The van der Waals surface area contributed by atoms with Crippen LogP contribution in [0.2, 0.25) is 0 Å². The highest BCUT2D eigenvalue weighted by atomic mass is 19.1. The largest absolute Gasteiger partial charge is 0.494 e. The molecule has 0 aliphatic carbocycles. The summed E-state index contributed by atoms with van der Waals surface area (Å²) < 4.78 is 44.1. The molecule has 2 aromatic rings. The minimum atomic E-state index is -0.893. The monoisotopic (exact) mass is 478 g/mol. The summed E-state index contributed by atoms with van der Waals surface area (Å²) in [5, 5.41) is 5.58. The highest BCUT2D eigenvalue weighted by Crippen LogP contribution is 2.31. The van der Waals surface area contributed by atoms with E-state index in [1.54, 1.807) is 0 Å². The number of hydrogen-bond acceptors (Lipinski definition) is 9. The van der Waals surface area contributed by atoms with Gasteiger partial charge < -0.3 is 30.6 Å². The van der Waals surface area contributed by atoms with Gasteiger partial charge in [-0.3, -0.25) is 9.79 Å². The summed E-state index contributed by atoms with van der Waals surface area (Å²) in [6.45, 7) is 2.16. The first-order chi connectivity index (χ1) is 16.4. The standard InChI is InChI=1S/C22H28F2N6O4/c1-4-5-6-27-19(31)12-26-9-14(8-25)30-22-28-10-15(11-29-22)34-13-16-20(23)17(32-2)7-18(33-3)21(16)24/h7-11H,4-6,12-13,25H2,1-3H3,(H,27,31)(H,28,29,30). The molecule has 0 atom stereocenters. The van der Waals surface area contributed by atoms with Gasteiger partial charge in [-0.2, -0.15) is 0 Å². The summed E-state index contributed by atoms with van der Waals surface area (Å²) in [5.41, 5.74) is 5.57. The molecule has 0 fully saturated rings. The van der Waals surface area contributed by atoms with E-state index in [0.717, 1.165) is 18.9 Å². The first kappa shape index (κ1) is 26.3. The summed E-state index contributed by atoms with van der Waals surface area (Å²) in [6, 6.07) is 1.11. The molecule has 1 aromatic carbocycles. The lowest BCUT2D eigenvalue weighted by Crippen LogP contribution is -2.26. The molecule has 0 saturated heterocycles. The highest BCUT2D eigenvalue weighted by Gasteiger charge is 2.20. The van der Waals surface area contributed by atoms with Crippen LogP contribution in [0.1, 0.15) is 25.3 Å². The molecular weight excluding hydrogens is 450 g/mol. The van der Waals surface area contributed by atoms with Crippen molar-refractivity contribution in [3.05, 3.63) is 47.6 Å². The van der Waals surface area contributed by atoms with Crippen LogP contribution in [0.25, 0.3) is 0 Å². The van der Waals surface area contributed by atoms with E-state index in [1.807, 2.05) is 6.92 Å². The number of anilines is 1. The van der Waals surface area contributed by atoms with Gasteiger partial charge in [0.15, 0.2) is 28.9 Å². The summed E-state index contributed by atoms with van der Waals surface area (Å²) in [5.74, 6) is -1.99. The second-order valence-electron chi connectivity index (χ2n) is 6.84. The van der Waals surface area contributed by atoms with E-state index in [9.17, 15) is 13.6 Å². The highest BCUT2D eigenvalue weighted by molar-refractivity contribution is 5.85. The summed E-state index contributed by atoms with van der Waals surface area (Å²) >= 11 is 0. The molecule has 0 radical (unpaired) electrons.